The van der Waals surface area contributed by atoms with Crippen LogP contribution in [0.4, 0.5) is 4.79 Å². The number of hydrogen-bond acceptors (Lipinski definition) is 3. The second-order valence-electron chi connectivity index (χ2n) is 3.84. The Hall–Kier alpha value is -1.30. The lowest BCUT2D eigenvalue weighted by Gasteiger charge is -2.13. The molecule has 0 bridgehead atoms. The fraction of sp³-hybridized carbons (Fsp3) is 0.778. The molecule has 1 rings (SSSR count). The maximum atomic E-state index is 11.1. The molecule has 1 aliphatic carbocycles. The van der Waals surface area contributed by atoms with E-state index in [-0.39, 0.29) is 6.04 Å². The van der Waals surface area contributed by atoms with Crippen molar-refractivity contribution in [3.63, 3.8) is 0 Å². The molecule has 1 unspecified atom stereocenters. The quantitative estimate of drug-likeness (QED) is 0.564. The van der Waals surface area contributed by atoms with E-state index < -0.39 is 18.6 Å². The van der Waals surface area contributed by atoms with Gasteiger partial charge in [0, 0.05) is 6.04 Å². The summed E-state index contributed by atoms with van der Waals surface area (Å²) in [6, 6.07) is -0.407. The number of rotatable bonds is 6. The largest absolute Gasteiger partial charge is 0.479 e. The van der Waals surface area contributed by atoms with Crippen LogP contribution in [0.25, 0.3) is 0 Å². The molecule has 0 saturated heterocycles. The highest BCUT2D eigenvalue weighted by atomic mass is 16.7. The molecule has 0 spiro atoms. The highest BCUT2D eigenvalue weighted by Gasteiger charge is 2.24. The van der Waals surface area contributed by atoms with Gasteiger partial charge in [-0.3, -0.25) is 4.84 Å². The zero-order valence-electron chi connectivity index (χ0n) is 8.66. The topological polar surface area (TPSA) is 87.7 Å². The fourth-order valence-electron chi connectivity index (χ4n) is 1.33. The van der Waals surface area contributed by atoms with Crippen molar-refractivity contribution in [3.05, 3.63) is 0 Å². The van der Waals surface area contributed by atoms with Crippen LogP contribution in [0, 0.1) is 5.92 Å². The third kappa shape index (κ3) is 5.90. The van der Waals surface area contributed by atoms with Crippen molar-refractivity contribution in [1.29, 1.82) is 0 Å². The lowest BCUT2D eigenvalue weighted by molar-refractivity contribution is -0.144. The Bertz CT molecular complexity index is 240. The minimum absolute atomic E-state index is 0.0888. The van der Waals surface area contributed by atoms with Gasteiger partial charge in [-0.1, -0.05) is 12.8 Å². The van der Waals surface area contributed by atoms with Crippen LogP contribution >= 0.6 is 0 Å². The van der Waals surface area contributed by atoms with Crippen LogP contribution in [0.1, 0.15) is 26.2 Å². The van der Waals surface area contributed by atoms with Crippen molar-refractivity contribution in [3.8, 4) is 0 Å². The van der Waals surface area contributed by atoms with Crippen molar-refractivity contribution in [2.45, 2.75) is 32.2 Å². The standard InChI is InChI=1S/C9H16N2O4/c1-6(4-7-2-3-7)10-9(14)11-15-5-8(12)13/h6-7H,2-5H2,1H3,(H,12,13)(H2,10,11,14). The zero-order valence-corrected chi connectivity index (χ0v) is 8.66. The van der Waals surface area contributed by atoms with Gasteiger partial charge in [0.25, 0.3) is 0 Å². The van der Waals surface area contributed by atoms with Crippen LogP contribution in [-0.4, -0.2) is 29.8 Å². The van der Waals surface area contributed by atoms with Crippen LogP contribution in [0.5, 0.6) is 0 Å². The van der Waals surface area contributed by atoms with Gasteiger partial charge >= 0.3 is 12.0 Å². The molecular formula is C9H16N2O4. The van der Waals surface area contributed by atoms with E-state index in [1.807, 2.05) is 12.4 Å². The van der Waals surface area contributed by atoms with Gasteiger partial charge in [0.1, 0.15) is 0 Å². The second-order valence-corrected chi connectivity index (χ2v) is 3.84. The lowest BCUT2D eigenvalue weighted by atomic mass is 10.2. The molecule has 15 heavy (non-hydrogen) atoms. The number of carbonyl (C=O) groups is 2. The Morgan fingerprint density at radius 1 is 1.53 bits per heavy atom. The summed E-state index contributed by atoms with van der Waals surface area (Å²) in [6.07, 6.45) is 3.44. The smallest absolute Gasteiger partial charge is 0.338 e. The average Bonchev–Trinajstić information content (AvgIpc) is 2.86. The Morgan fingerprint density at radius 2 is 2.20 bits per heavy atom. The van der Waals surface area contributed by atoms with E-state index in [1.165, 1.54) is 12.8 Å². The maximum Gasteiger partial charge on any atom is 0.338 e. The van der Waals surface area contributed by atoms with Gasteiger partial charge in [-0.05, 0) is 19.3 Å². The molecule has 1 aliphatic rings. The number of aliphatic carboxylic acids is 1. The first kappa shape index (κ1) is 11.8. The molecular weight excluding hydrogens is 200 g/mol. The number of nitrogens with one attached hydrogen (secondary N) is 2. The molecule has 1 atom stereocenters. The van der Waals surface area contributed by atoms with E-state index in [1.54, 1.807) is 0 Å². The highest BCUT2D eigenvalue weighted by Crippen LogP contribution is 2.33. The Balaban J connectivity index is 2.03. The van der Waals surface area contributed by atoms with Gasteiger partial charge in [0.05, 0.1) is 0 Å². The first-order valence-corrected chi connectivity index (χ1v) is 4.98. The molecule has 6 nitrogen and oxygen atoms in total. The summed E-state index contributed by atoms with van der Waals surface area (Å²) >= 11 is 0. The molecule has 1 saturated carbocycles. The Kier molecular flexibility index (Phi) is 4.36. The lowest BCUT2D eigenvalue weighted by Crippen LogP contribution is -2.41. The van der Waals surface area contributed by atoms with E-state index in [0.29, 0.717) is 0 Å². The number of carboxylic acids is 1. The van der Waals surface area contributed by atoms with Crippen molar-refractivity contribution in [2.24, 2.45) is 5.92 Å². The molecule has 0 heterocycles. The van der Waals surface area contributed by atoms with E-state index in [2.05, 4.69) is 10.2 Å². The van der Waals surface area contributed by atoms with Crippen molar-refractivity contribution >= 4 is 12.0 Å². The number of amides is 2. The molecule has 0 aliphatic heterocycles. The van der Waals surface area contributed by atoms with Gasteiger partial charge in [0.15, 0.2) is 6.61 Å². The molecule has 0 aromatic carbocycles. The van der Waals surface area contributed by atoms with Crippen LogP contribution in [0.2, 0.25) is 0 Å². The second kappa shape index (κ2) is 5.55. The number of hydroxylamine groups is 1. The van der Waals surface area contributed by atoms with Gasteiger partial charge in [-0.2, -0.15) is 0 Å². The molecule has 1 fully saturated rings. The molecule has 3 N–H and O–H groups in total. The summed E-state index contributed by atoms with van der Waals surface area (Å²) < 4.78 is 0. The van der Waals surface area contributed by atoms with Crippen molar-refractivity contribution < 1.29 is 19.5 Å². The van der Waals surface area contributed by atoms with E-state index in [4.69, 9.17) is 5.11 Å². The third-order valence-corrected chi connectivity index (χ3v) is 2.12. The summed E-state index contributed by atoms with van der Waals surface area (Å²) in [5, 5.41) is 10.9. The minimum Gasteiger partial charge on any atom is -0.479 e. The summed E-state index contributed by atoms with van der Waals surface area (Å²) in [5.74, 6) is -0.387. The Labute approximate surface area is 87.9 Å². The van der Waals surface area contributed by atoms with Gasteiger partial charge < -0.3 is 10.4 Å². The van der Waals surface area contributed by atoms with Crippen LogP contribution in [0.15, 0.2) is 0 Å². The highest BCUT2D eigenvalue weighted by molar-refractivity contribution is 5.73. The Morgan fingerprint density at radius 3 is 2.73 bits per heavy atom. The first-order valence-electron chi connectivity index (χ1n) is 4.98. The zero-order chi connectivity index (χ0) is 11.3. The van der Waals surface area contributed by atoms with Crippen LogP contribution in [-0.2, 0) is 9.63 Å². The predicted molar refractivity (Wildman–Crippen MR) is 52.1 cm³/mol. The number of carboxylic acid groups (broad SMARTS) is 1. The summed E-state index contributed by atoms with van der Waals surface area (Å²) in [7, 11) is 0. The van der Waals surface area contributed by atoms with E-state index >= 15 is 0 Å². The predicted octanol–water partition coefficient (Wildman–Crippen LogP) is 0.490. The molecule has 0 aromatic rings. The van der Waals surface area contributed by atoms with Gasteiger partial charge in [-0.25, -0.2) is 15.1 Å². The molecule has 0 aromatic heterocycles. The van der Waals surface area contributed by atoms with Crippen LogP contribution < -0.4 is 10.8 Å². The van der Waals surface area contributed by atoms with Gasteiger partial charge in [-0.15, -0.1) is 0 Å². The van der Waals surface area contributed by atoms with E-state index in [9.17, 15) is 9.59 Å². The van der Waals surface area contributed by atoms with E-state index in [0.717, 1.165) is 12.3 Å². The number of urea groups is 1. The monoisotopic (exact) mass is 216 g/mol. The third-order valence-electron chi connectivity index (χ3n) is 2.12. The molecule has 6 heteroatoms. The molecule has 2 amide bonds. The average molecular weight is 216 g/mol. The van der Waals surface area contributed by atoms with Gasteiger partial charge in [0.2, 0.25) is 0 Å². The number of hydrogen-bond donors (Lipinski definition) is 3. The normalized spacial score (nSPS) is 16.9. The first-order chi connectivity index (χ1) is 7.08. The number of carbonyl (C=O) groups excluding carboxylic acids is 1. The fourth-order valence-corrected chi connectivity index (χ4v) is 1.33. The summed E-state index contributed by atoms with van der Waals surface area (Å²) in [4.78, 5) is 25.6. The summed E-state index contributed by atoms with van der Waals surface area (Å²) in [5.41, 5.74) is 2.01. The minimum atomic E-state index is -1.12. The molecule has 0 radical (unpaired) electrons. The van der Waals surface area contributed by atoms with Crippen molar-refractivity contribution in [2.75, 3.05) is 6.61 Å². The van der Waals surface area contributed by atoms with Crippen molar-refractivity contribution in [1.82, 2.24) is 10.8 Å². The summed E-state index contributed by atoms with van der Waals surface area (Å²) in [6.45, 7) is 1.37. The maximum absolute atomic E-state index is 11.1. The molecule has 86 valence electrons. The van der Waals surface area contributed by atoms with Crippen LogP contribution in [0.3, 0.4) is 0 Å². The SMILES string of the molecule is CC(CC1CC1)NC(=O)NOCC(=O)O.